The van der Waals surface area contributed by atoms with Crippen LogP contribution in [0.25, 0.3) is 11.0 Å². The van der Waals surface area contributed by atoms with Gasteiger partial charge in [0.2, 0.25) is 0 Å². The molecule has 96 valence electrons. The molecule has 3 heteroatoms. The molecule has 1 aromatic heterocycles. The third-order valence-corrected chi connectivity index (χ3v) is 4.18. The number of nitrogens with zero attached hydrogens (tertiary/aromatic N) is 1. The number of rotatable bonds is 3. The van der Waals surface area contributed by atoms with E-state index in [1.54, 1.807) is 0 Å². The van der Waals surface area contributed by atoms with Crippen LogP contribution >= 0.6 is 0 Å². The highest BCUT2D eigenvalue weighted by atomic mass is 14.9. The van der Waals surface area contributed by atoms with Crippen LogP contribution in [-0.4, -0.2) is 9.97 Å². The van der Waals surface area contributed by atoms with Crippen molar-refractivity contribution >= 4 is 11.0 Å². The molecule has 0 saturated heterocycles. The van der Waals surface area contributed by atoms with Crippen molar-refractivity contribution in [3.05, 3.63) is 29.6 Å². The van der Waals surface area contributed by atoms with E-state index in [0.717, 1.165) is 23.3 Å². The first-order chi connectivity index (χ1) is 8.78. The van der Waals surface area contributed by atoms with Crippen molar-refractivity contribution in [1.29, 1.82) is 0 Å². The molecular weight excluding hydrogens is 222 g/mol. The zero-order valence-corrected chi connectivity index (χ0v) is 10.9. The molecule has 3 nitrogen and oxygen atoms in total. The van der Waals surface area contributed by atoms with Gasteiger partial charge in [-0.3, -0.25) is 0 Å². The van der Waals surface area contributed by atoms with Crippen LogP contribution in [-0.2, 0) is 6.42 Å². The molecule has 1 aliphatic rings. The number of benzene rings is 1. The number of nitrogens with two attached hydrogens (primary N) is 1. The topological polar surface area (TPSA) is 54.7 Å². The van der Waals surface area contributed by atoms with E-state index < -0.39 is 0 Å². The number of fused-ring (bicyclic) bond motifs is 1. The predicted octanol–water partition coefficient (Wildman–Crippen LogP) is 3.32. The number of nitrogens with one attached hydrogen (secondary N) is 1. The second-order valence-electron chi connectivity index (χ2n) is 5.38. The van der Waals surface area contributed by atoms with E-state index in [0.29, 0.717) is 5.92 Å². The van der Waals surface area contributed by atoms with Crippen molar-refractivity contribution in [3.63, 3.8) is 0 Å². The van der Waals surface area contributed by atoms with Crippen LogP contribution in [0.4, 0.5) is 0 Å². The monoisotopic (exact) mass is 243 g/mol. The van der Waals surface area contributed by atoms with Crippen molar-refractivity contribution < 1.29 is 0 Å². The second kappa shape index (κ2) is 4.73. The van der Waals surface area contributed by atoms with Crippen LogP contribution in [0.1, 0.15) is 50.0 Å². The Morgan fingerprint density at radius 1 is 1.39 bits per heavy atom. The maximum absolute atomic E-state index is 6.40. The van der Waals surface area contributed by atoms with Crippen LogP contribution in [0.15, 0.2) is 18.2 Å². The first-order valence-corrected chi connectivity index (χ1v) is 7.02. The highest BCUT2D eigenvalue weighted by molar-refractivity contribution is 5.76. The molecule has 3 rings (SSSR count). The molecule has 0 radical (unpaired) electrons. The van der Waals surface area contributed by atoms with E-state index in [2.05, 4.69) is 35.1 Å². The largest absolute Gasteiger partial charge is 0.342 e. The van der Waals surface area contributed by atoms with Crippen LogP contribution in [0.3, 0.4) is 0 Å². The molecule has 18 heavy (non-hydrogen) atoms. The van der Waals surface area contributed by atoms with Crippen LogP contribution in [0, 0.1) is 5.92 Å². The maximum atomic E-state index is 6.40. The van der Waals surface area contributed by atoms with Gasteiger partial charge in [0, 0.05) is 12.5 Å². The smallest absolute Gasteiger partial charge is 0.106 e. The van der Waals surface area contributed by atoms with Gasteiger partial charge in [0.05, 0.1) is 11.0 Å². The summed E-state index contributed by atoms with van der Waals surface area (Å²) in [6.45, 7) is 2.11. The molecular formula is C15H21N3. The molecule has 0 bridgehead atoms. The number of aromatic amines is 1. The predicted molar refractivity (Wildman–Crippen MR) is 74.4 cm³/mol. The van der Waals surface area contributed by atoms with Crippen LogP contribution in [0.5, 0.6) is 0 Å². The summed E-state index contributed by atoms with van der Waals surface area (Å²) in [5.41, 5.74) is 9.82. The first kappa shape index (κ1) is 11.7. The zero-order valence-electron chi connectivity index (χ0n) is 10.9. The fourth-order valence-electron chi connectivity index (χ4n) is 3.04. The Morgan fingerprint density at radius 2 is 2.17 bits per heavy atom. The van der Waals surface area contributed by atoms with E-state index >= 15 is 0 Å². The van der Waals surface area contributed by atoms with E-state index in [4.69, 9.17) is 5.73 Å². The summed E-state index contributed by atoms with van der Waals surface area (Å²) in [6, 6.07) is 6.61. The third kappa shape index (κ3) is 2.03. The van der Waals surface area contributed by atoms with E-state index in [1.807, 2.05) is 0 Å². The SMILES string of the molecule is CCc1nc2ccc(C(N)C3CCCC3)cc2[nH]1. The minimum Gasteiger partial charge on any atom is -0.342 e. The highest BCUT2D eigenvalue weighted by Crippen LogP contribution is 2.34. The minimum absolute atomic E-state index is 0.185. The summed E-state index contributed by atoms with van der Waals surface area (Å²) in [5, 5.41) is 0. The average molecular weight is 243 g/mol. The van der Waals surface area contributed by atoms with Crippen molar-refractivity contribution in [2.75, 3.05) is 0 Å². The van der Waals surface area contributed by atoms with Gasteiger partial charge in [0.15, 0.2) is 0 Å². The molecule has 0 amide bonds. The summed E-state index contributed by atoms with van der Waals surface area (Å²) in [7, 11) is 0. The molecule has 1 heterocycles. The normalized spacial score (nSPS) is 18.6. The van der Waals surface area contributed by atoms with Gasteiger partial charge < -0.3 is 10.7 Å². The van der Waals surface area contributed by atoms with Gasteiger partial charge in [-0.25, -0.2) is 4.98 Å². The number of aromatic nitrogens is 2. The van der Waals surface area contributed by atoms with Gasteiger partial charge in [-0.1, -0.05) is 25.8 Å². The molecule has 1 fully saturated rings. The van der Waals surface area contributed by atoms with Gasteiger partial charge in [0.25, 0.3) is 0 Å². The van der Waals surface area contributed by atoms with Crippen LogP contribution < -0.4 is 5.73 Å². The number of hydrogen-bond acceptors (Lipinski definition) is 2. The van der Waals surface area contributed by atoms with Crippen molar-refractivity contribution in [1.82, 2.24) is 9.97 Å². The lowest BCUT2D eigenvalue weighted by molar-refractivity contribution is 0.445. The first-order valence-electron chi connectivity index (χ1n) is 7.02. The standard InChI is InChI=1S/C15H21N3/c1-2-14-17-12-8-7-11(9-13(12)18-14)15(16)10-5-3-4-6-10/h7-10,15H,2-6,16H2,1H3,(H,17,18). The summed E-state index contributed by atoms with van der Waals surface area (Å²) in [5.74, 6) is 1.72. The second-order valence-corrected chi connectivity index (χ2v) is 5.38. The molecule has 1 saturated carbocycles. The van der Waals surface area contributed by atoms with Gasteiger partial charge in [-0.05, 0) is 36.5 Å². The van der Waals surface area contributed by atoms with E-state index in [-0.39, 0.29) is 6.04 Å². The quantitative estimate of drug-likeness (QED) is 0.869. The number of aryl methyl sites for hydroxylation is 1. The Morgan fingerprint density at radius 3 is 2.89 bits per heavy atom. The number of imidazole rings is 1. The van der Waals surface area contributed by atoms with Crippen molar-refractivity contribution in [2.24, 2.45) is 11.7 Å². The molecule has 3 N–H and O–H groups in total. The summed E-state index contributed by atoms with van der Waals surface area (Å²) in [6.07, 6.45) is 6.18. The van der Waals surface area contributed by atoms with Gasteiger partial charge in [-0.2, -0.15) is 0 Å². The molecule has 0 aliphatic heterocycles. The Hall–Kier alpha value is -1.35. The molecule has 2 aromatic rings. The van der Waals surface area contributed by atoms with E-state index in [1.165, 1.54) is 31.2 Å². The molecule has 0 spiro atoms. The minimum atomic E-state index is 0.185. The summed E-state index contributed by atoms with van der Waals surface area (Å²) >= 11 is 0. The fourth-order valence-corrected chi connectivity index (χ4v) is 3.04. The van der Waals surface area contributed by atoms with Gasteiger partial charge in [0.1, 0.15) is 5.82 Å². The lowest BCUT2D eigenvalue weighted by Gasteiger charge is -2.19. The fraction of sp³-hybridized carbons (Fsp3) is 0.533. The van der Waals surface area contributed by atoms with Crippen molar-refractivity contribution in [2.45, 2.75) is 45.1 Å². The highest BCUT2D eigenvalue weighted by Gasteiger charge is 2.23. The molecule has 1 unspecified atom stereocenters. The summed E-state index contributed by atoms with van der Waals surface area (Å²) in [4.78, 5) is 7.90. The third-order valence-electron chi connectivity index (χ3n) is 4.18. The number of hydrogen-bond donors (Lipinski definition) is 2. The van der Waals surface area contributed by atoms with Gasteiger partial charge >= 0.3 is 0 Å². The maximum Gasteiger partial charge on any atom is 0.106 e. The van der Waals surface area contributed by atoms with E-state index in [9.17, 15) is 0 Å². The molecule has 1 aliphatic carbocycles. The zero-order chi connectivity index (χ0) is 12.5. The average Bonchev–Trinajstić information content (AvgIpc) is 3.05. The number of H-pyrrole nitrogens is 1. The van der Waals surface area contributed by atoms with Crippen LogP contribution in [0.2, 0.25) is 0 Å². The molecule has 1 atom stereocenters. The summed E-state index contributed by atoms with van der Waals surface area (Å²) < 4.78 is 0. The Balaban J connectivity index is 1.91. The van der Waals surface area contributed by atoms with Crippen molar-refractivity contribution in [3.8, 4) is 0 Å². The Labute approximate surface area is 108 Å². The Kier molecular flexibility index (Phi) is 3.08. The lowest BCUT2D eigenvalue weighted by Crippen LogP contribution is -2.18. The lowest BCUT2D eigenvalue weighted by atomic mass is 9.92. The molecule has 1 aromatic carbocycles. The van der Waals surface area contributed by atoms with Gasteiger partial charge in [-0.15, -0.1) is 0 Å². The Bertz CT molecular complexity index is 538.